The van der Waals surface area contributed by atoms with E-state index < -0.39 is 54.4 Å². The summed E-state index contributed by atoms with van der Waals surface area (Å²) < 4.78 is 48.7. The van der Waals surface area contributed by atoms with Gasteiger partial charge in [-0.3, -0.25) is 4.79 Å². The molecule has 0 aliphatic carbocycles. The highest BCUT2D eigenvalue weighted by atomic mass is 19.4. The number of ether oxygens (including phenoxy) is 2. The van der Waals surface area contributed by atoms with Crippen LogP contribution in [-0.2, 0) is 23.9 Å². The average molecular weight is 342 g/mol. The first-order valence-electron chi connectivity index (χ1n) is 7.10. The third-order valence-corrected chi connectivity index (χ3v) is 3.02. The fraction of sp³-hybridized carbons (Fsp3) is 0.786. The van der Waals surface area contributed by atoms with Gasteiger partial charge in [-0.25, -0.2) is 9.59 Å². The summed E-state index contributed by atoms with van der Waals surface area (Å²) in [5.41, 5.74) is -4.11. The lowest BCUT2D eigenvalue weighted by Gasteiger charge is -2.34. The van der Waals surface area contributed by atoms with Crippen molar-refractivity contribution in [2.45, 2.75) is 45.9 Å². The molecule has 1 N–H and O–H groups in total. The molecule has 0 saturated heterocycles. The first-order valence-corrected chi connectivity index (χ1v) is 7.10. The van der Waals surface area contributed by atoms with E-state index in [0.29, 0.717) is 0 Å². The molecule has 0 aromatic carbocycles. The molecule has 0 heterocycles. The topological polar surface area (TPSA) is 89.9 Å². The van der Waals surface area contributed by atoms with E-state index in [2.05, 4.69) is 9.47 Å². The van der Waals surface area contributed by atoms with Crippen LogP contribution in [0.3, 0.4) is 0 Å². The van der Waals surface area contributed by atoms with E-state index in [1.54, 1.807) is 0 Å². The van der Waals surface area contributed by atoms with Crippen LogP contribution in [0.15, 0.2) is 0 Å². The van der Waals surface area contributed by atoms with E-state index in [-0.39, 0.29) is 6.61 Å². The number of ketones is 1. The zero-order chi connectivity index (χ0) is 18.4. The smallest absolute Gasteiger partial charge is 0.428 e. The molecular formula is C14H21F3O6. The van der Waals surface area contributed by atoms with Gasteiger partial charge in [-0.15, -0.1) is 0 Å². The van der Waals surface area contributed by atoms with Gasteiger partial charge in [0.05, 0.1) is 19.1 Å². The van der Waals surface area contributed by atoms with Crippen LogP contribution in [0.2, 0.25) is 0 Å². The Morgan fingerprint density at radius 1 is 1.04 bits per heavy atom. The minimum Gasteiger partial charge on any atom is -0.464 e. The van der Waals surface area contributed by atoms with Gasteiger partial charge >= 0.3 is 18.1 Å². The number of alkyl halides is 3. The van der Waals surface area contributed by atoms with Gasteiger partial charge in [-0.05, 0) is 26.2 Å². The molecular weight excluding hydrogens is 321 g/mol. The van der Waals surface area contributed by atoms with Crippen LogP contribution in [0.4, 0.5) is 13.2 Å². The molecule has 9 heteroatoms. The maximum Gasteiger partial charge on any atom is 0.428 e. The number of halogens is 3. The van der Waals surface area contributed by atoms with Crippen LogP contribution in [0, 0.1) is 11.8 Å². The van der Waals surface area contributed by atoms with Gasteiger partial charge in [0.1, 0.15) is 0 Å². The Hall–Kier alpha value is -1.64. The lowest BCUT2D eigenvalue weighted by Crippen LogP contribution is -2.61. The molecule has 0 aromatic heterocycles. The molecule has 0 aromatic rings. The Balaban J connectivity index is 5.98. The number of aliphatic hydroxyl groups is 1. The van der Waals surface area contributed by atoms with Crippen LogP contribution >= 0.6 is 0 Å². The van der Waals surface area contributed by atoms with Crippen LogP contribution < -0.4 is 0 Å². The fourth-order valence-electron chi connectivity index (χ4n) is 1.98. The standard InChI is InChI=1S/C14H21F3O6/c1-5-22-11(19)10(18)9(7-8(3)4)13(21,14(15,16)17)12(20)23-6-2/h8-9,21H,5-7H2,1-4H3. The van der Waals surface area contributed by atoms with Crippen molar-refractivity contribution in [3.8, 4) is 0 Å². The largest absolute Gasteiger partial charge is 0.464 e. The third kappa shape index (κ3) is 4.92. The number of hydrogen-bond donors (Lipinski definition) is 1. The fourth-order valence-corrected chi connectivity index (χ4v) is 1.98. The number of carbonyl (C=O) groups is 3. The highest BCUT2D eigenvalue weighted by molar-refractivity contribution is 6.35. The second-order valence-corrected chi connectivity index (χ2v) is 5.25. The summed E-state index contributed by atoms with van der Waals surface area (Å²) in [7, 11) is 0. The van der Waals surface area contributed by atoms with Crippen LogP contribution in [0.25, 0.3) is 0 Å². The summed E-state index contributed by atoms with van der Waals surface area (Å²) in [4.78, 5) is 35.3. The minimum absolute atomic E-state index is 0.233. The number of hydrogen-bond acceptors (Lipinski definition) is 6. The predicted octanol–water partition coefficient (Wildman–Crippen LogP) is 1.64. The van der Waals surface area contributed by atoms with Gasteiger partial charge in [0.2, 0.25) is 5.78 Å². The van der Waals surface area contributed by atoms with Crippen molar-refractivity contribution in [2.75, 3.05) is 13.2 Å². The van der Waals surface area contributed by atoms with Gasteiger partial charge in [0.25, 0.3) is 5.60 Å². The van der Waals surface area contributed by atoms with E-state index >= 15 is 0 Å². The van der Waals surface area contributed by atoms with Crippen molar-refractivity contribution in [3.05, 3.63) is 0 Å². The molecule has 134 valence electrons. The van der Waals surface area contributed by atoms with Crippen molar-refractivity contribution in [3.63, 3.8) is 0 Å². The second kappa shape index (κ2) is 8.28. The van der Waals surface area contributed by atoms with Crippen molar-refractivity contribution < 1.29 is 42.1 Å². The zero-order valence-electron chi connectivity index (χ0n) is 13.4. The van der Waals surface area contributed by atoms with Crippen molar-refractivity contribution >= 4 is 17.7 Å². The molecule has 0 amide bonds. The molecule has 6 nitrogen and oxygen atoms in total. The number of esters is 2. The maximum atomic E-state index is 13.3. The molecule has 0 radical (unpaired) electrons. The SMILES string of the molecule is CCOC(=O)C(=O)C(CC(C)C)C(O)(C(=O)OCC)C(F)(F)F. The monoisotopic (exact) mass is 342 g/mol. The normalized spacial score (nSPS) is 15.7. The molecule has 23 heavy (non-hydrogen) atoms. The Bertz CT molecular complexity index is 446. The molecule has 0 aliphatic rings. The third-order valence-electron chi connectivity index (χ3n) is 3.02. The summed E-state index contributed by atoms with van der Waals surface area (Å²) in [6.45, 7) is 4.91. The molecule has 0 rings (SSSR count). The van der Waals surface area contributed by atoms with Crippen LogP contribution in [-0.4, -0.2) is 47.8 Å². The summed E-state index contributed by atoms with van der Waals surface area (Å²) in [5.74, 6) is -8.03. The van der Waals surface area contributed by atoms with Crippen LogP contribution in [0.5, 0.6) is 0 Å². The van der Waals surface area contributed by atoms with Gasteiger partial charge in [-0.1, -0.05) is 13.8 Å². The quantitative estimate of drug-likeness (QED) is 0.533. The van der Waals surface area contributed by atoms with Gasteiger partial charge < -0.3 is 14.6 Å². The summed E-state index contributed by atoms with van der Waals surface area (Å²) >= 11 is 0. The van der Waals surface area contributed by atoms with E-state index in [4.69, 9.17) is 0 Å². The molecule has 0 spiro atoms. The Kier molecular flexibility index (Phi) is 7.69. The maximum absolute atomic E-state index is 13.3. The number of Topliss-reactive ketones (excluding diaryl/α,β-unsaturated/α-hetero) is 1. The van der Waals surface area contributed by atoms with E-state index in [1.165, 1.54) is 27.7 Å². The number of carbonyl (C=O) groups excluding carboxylic acids is 3. The van der Waals surface area contributed by atoms with E-state index in [9.17, 15) is 32.7 Å². The molecule has 0 aliphatic heterocycles. The first kappa shape index (κ1) is 21.4. The average Bonchev–Trinajstić information content (AvgIpc) is 2.42. The van der Waals surface area contributed by atoms with Gasteiger partial charge in [-0.2, -0.15) is 13.2 Å². The highest BCUT2D eigenvalue weighted by Gasteiger charge is 2.67. The molecule has 2 unspecified atom stereocenters. The number of rotatable bonds is 8. The zero-order valence-corrected chi connectivity index (χ0v) is 13.4. The van der Waals surface area contributed by atoms with Crippen LogP contribution in [0.1, 0.15) is 34.1 Å². The molecule has 0 saturated carbocycles. The van der Waals surface area contributed by atoms with Crippen molar-refractivity contribution in [2.24, 2.45) is 11.8 Å². The Morgan fingerprint density at radius 2 is 1.52 bits per heavy atom. The highest BCUT2D eigenvalue weighted by Crippen LogP contribution is 2.40. The van der Waals surface area contributed by atoms with E-state index in [1.807, 2.05) is 0 Å². The van der Waals surface area contributed by atoms with E-state index in [0.717, 1.165) is 0 Å². The summed E-state index contributed by atoms with van der Waals surface area (Å²) in [6.07, 6.45) is -6.05. The van der Waals surface area contributed by atoms with Crippen molar-refractivity contribution in [1.82, 2.24) is 0 Å². The molecule has 0 bridgehead atoms. The predicted molar refractivity (Wildman–Crippen MR) is 72.2 cm³/mol. The Labute approximate surface area is 131 Å². The Morgan fingerprint density at radius 3 is 1.87 bits per heavy atom. The molecule has 0 fully saturated rings. The van der Waals surface area contributed by atoms with Crippen molar-refractivity contribution in [1.29, 1.82) is 0 Å². The second-order valence-electron chi connectivity index (χ2n) is 5.25. The van der Waals surface area contributed by atoms with Gasteiger partial charge in [0.15, 0.2) is 0 Å². The lowest BCUT2D eigenvalue weighted by atomic mass is 9.78. The minimum atomic E-state index is -5.50. The van der Waals surface area contributed by atoms with Gasteiger partial charge in [0, 0.05) is 0 Å². The first-order chi connectivity index (χ1) is 10.4. The summed E-state index contributed by atoms with van der Waals surface area (Å²) in [6, 6.07) is 0. The summed E-state index contributed by atoms with van der Waals surface area (Å²) in [5, 5.41) is 10.0. The molecule has 2 atom stereocenters. The lowest BCUT2D eigenvalue weighted by molar-refractivity contribution is -0.277.